The number of amides is 1. The Labute approximate surface area is 164 Å². The van der Waals surface area contributed by atoms with Gasteiger partial charge in [-0.25, -0.2) is 13.1 Å². The number of carbonyl (C=O) groups is 1. The molecular formula is C19H24N2O4S2. The first-order chi connectivity index (χ1) is 12.8. The molecule has 1 aromatic carbocycles. The molecule has 2 aromatic rings. The Balaban J connectivity index is 1.68. The largest absolute Gasteiger partial charge is 0.495 e. The van der Waals surface area contributed by atoms with E-state index in [0.29, 0.717) is 36.6 Å². The van der Waals surface area contributed by atoms with Gasteiger partial charge < -0.3 is 9.64 Å². The van der Waals surface area contributed by atoms with Crippen LogP contribution in [-0.4, -0.2) is 45.5 Å². The van der Waals surface area contributed by atoms with E-state index in [9.17, 15) is 13.2 Å². The van der Waals surface area contributed by atoms with Gasteiger partial charge in [-0.3, -0.25) is 4.79 Å². The smallest absolute Gasteiger partial charge is 0.263 e. The van der Waals surface area contributed by atoms with Gasteiger partial charge in [0, 0.05) is 19.1 Å². The van der Waals surface area contributed by atoms with Crippen LogP contribution in [0.25, 0.3) is 0 Å². The molecule has 8 heteroatoms. The van der Waals surface area contributed by atoms with E-state index >= 15 is 0 Å². The Morgan fingerprint density at radius 3 is 2.48 bits per heavy atom. The Morgan fingerprint density at radius 1 is 1.22 bits per heavy atom. The predicted octanol–water partition coefficient (Wildman–Crippen LogP) is 2.96. The van der Waals surface area contributed by atoms with E-state index in [-0.39, 0.29) is 16.8 Å². The SMILES string of the molecule is COc1cc(C)c(C)cc1S(=O)(=O)NC1CCN(C(=O)c2cccs2)CC1. The molecule has 2 heterocycles. The van der Waals surface area contributed by atoms with Crippen molar-refractivity contribution in [1.29, 1.82) is 0 Å². The quantitative estimate of drug-likeness (QED) is 0.825. The number of methoxy groups -OCH3 is 1. The normalized spacial score (nSPS) is 15.7. The molecule has 1 aliphatic rings. The first-order valence-electron chi connectivity index (χ1n) is 8.82. The average molecular weight is 409 g/mol. The molecule has 27 heavy (non-hydrogen) atoms. The van der Waals surface area contributed by atoms with Crippen LogP contribution in [0.1, 0.15) is 33.6 Å². The van der Waals surface area contributed by atoms with Crippen LogP contribution in [0, 0.1) is 13.8 Å². The number of carbonyl (C=O) groups excluding carboxylic acids is 1. The van der Waals surface area contributed by atoms with E-state index < -0.39 is 10.0 Å². The highest BCUT2D eigenvalue weighted by Gasteiger charge is 2.29. The van der Waals surface area contributed by atoms with Gasteiger partial charge in [0.05, 0.1) is 12.0 Å². The minimum absolute atomic E-state index is 0.0159. The third kappa shape index (κ3) is 4.34. The van der Waals surface area contributed by atoms with Crippen LogP contribution in [-0.2, 0) is 10.0 Å². The van der Waals surface area contributed by atoms with Crippen LogP contribution in [0.3, 0.4) is 0 Å². The monoisotopic (exact) mass is 408 g/mol. The molecule has 1 aromatic heterocycles. The van der Waals surface area contributed by atoms with Crippen molar-refractivity contribution in [1.82, 2.24) is 9.62 Å². The second-order valence-corrected chi connectivity index (χ2v) is 9.38. The molecule has 3 rings (SSSR count). The Bertz CT molecular complexity index is 915. The number of sulfonamides is 1. The molecule has 1 amide bonds. The number of aryl methyl sites for hydroxylation is 2. The van der Waals surface area contributed by atoms with Crippen molar-refractivity contribution in [3.8, 4) is 5.75 Å². The van der Waals surface area contributed by atoms with Crippen LogP contribution < -0.4 is 9.46 Å². The summed E-state index contributed by atoms with van der Waals surface area (Å²) in [5, 5.41) is 1.88. The van der Waals surface area contributed by atoms with E-state index in [1.165, 1.54) is 18.4 Å². The summed E-state index contributed by atoms with van der Waals surface area (Å²) < 4.78 is 33.8. The molecule has 6 nitrogen and oxygen atoms in total. The molecule has 0 unspecified atom stereocenters. The van der Waals surface area contributed by atoms with E-state index in [1.54, 1.807) is 17.0 Å². The van der Waals surface area contributed by atoms with Crippen molar-refractivity contribution in [2.75, 3.05) is 20.2 Å². The first kappa shape index (κ1) is 19.9. The van der Waals surface area contributed by atoms with Crippen molar-refractivity contribution in [3.05, 3.63) is 45.6 Å². The maximum Gasteiger partial charge on any atom is 0.263 e. The third-order valence-electron chi connectivity index (χ3n) is 4.91. The lowest BCUT2D eigenvalue weighted by Crippen LogP contribution is -2.46. The number of thiophene rings is 1. The van der Waals surface area contributed by atoms with Crippen molar-refractivity contribution >= 4 is 27.3 Å². The van der Waals surface area contributed by atoms with Crippen LogP contribution in [0.2, 0.25) is 0 Å². The number of rotatable bonds is 5. The van der Waals surface area contributed by atoms with Gasteiger partial charge >= 0.3 is 0 Å². The number of nitrogens with one attached hydrogen (secondary N) is 1. The van der Waals surface area contributed by atoms with Crippen LogP contribution in [0.5, 0.6) is 5.75 Å². The van der Waals surface area contributed by atoms with E-state index in [2.05, 4.69) is 4.72 Å². The minimum atomic E-state index is -3.70. The van der Waals surface area contributed by atoms with Gasteiger partial charge in [0.25, 0.3) is 5.91 Å². The summed E-state index contributed by atoms with van der Waals surface area (Å²) in [6.07, 6.45) is 1.17. The second-order valence-electron chi connectivity index (χ2n) is 6.75. The van der Waals surface area contributed by atoms with Crippen molar-refractivity contribution in [2.45, 2.75) is 37.6 Å². The molecule has 0 spiro atoms. The zero-order valence-electron chi connectivity index (χ0n) is 15.7. The van der Waals surface area contributed by atoms with Gasteiger partial charge in [-0.15, -0.1) is 11.3 Å². The maximum absolute atomic E-state index is 12.9. The lowest BCUT2D eigenvalue weighted by molar-refractivity contribution is 0.0716. The topological polar surface area (TPSA) is 75.7 Å². The van der Waals surface area contributed by atoms with Crippen LogP contribution in [0.4, 0.5) is 0 Å². The minimum Gasteiger partial charge on any atom is -0.495 e. The van der Waals surface area contributed by atoms with Gasteiger partial charge in [-0.1, -0.05) is 6.07 Å². The zero-order chi connectivity index (χ0) is 19.6. The lowest BCUT2D eigenvalue weighted by atomic mass is 10.1. The van der Waals surface area contributed by atoms with Crippen LogP contribution >= 0.6 is 11.3 Å². The molecule has 1 N–H and O–H groups in total. The summed E-state index contributed by atoms with van der Waals surface area (Å²) in [6.45, 7) is 4.87. The van der Waals surface area contributed by atoms with Gasteiger partial charge in [0.1, 0.15) is 10.6 Å². The molecule has 0 atom stereocenters. The summed E-state index contributed by atoms with van der Waals surface area (Å²) in [7, 11) is -2.23. The fraction of sp³-hybridized carbons (Fsp3) is 0.421. The molecule has 0 saturated carbocycles. The summed E-state index contributed by atoms with van der Waals surface area (Å²) in [5.74, 6) is 0.359. The number of benzene rings is 1. The molecule has 146 valence electrons. The fourth-order valence-corrected chi connectivity index (χ4v) is 5.40. The lowest BCUT2D eigenvalue weighted by Gasteiger charge is -2.32. The number of likely N-dealkylation sites (tertiary alicyclic amines) is 1. The molecule has 1 saturated heterocycles. The highest BCUT2D eigenvalue weighted by Crippen LogP contribution is 2.28. The molecular weight excluding hydrogens is 384 g/mol. The average Bonchev–Trinajstić information content (AvgIpc) is 3.18. The maximum atomic E-state index is 12.9. The summed E-state index contributed by atoms with van der Waals surface area (Å²) in [4.78, 5) is 15.1. The fourth-order valence-electron chi connectivity index (χ4n) is 3.17. The number of hydrogen-bond donors (Lipinski definition) is 1. The van der Waals surface area contributed by atoms with Crippen molar-refractivity contribution in [2.24, 2.45) is 0 Å². The number of nitrogens with zero attached hydrogens (tertiary/aromatic N) is 1. The molecule has 0 bridgehead atoms. The second kappa shape index (κ2) is 8.00. The van der Waals surface area contributed by atoms with Gasteiger partial charge in [-0.05, 0) is 61.4 Å². The van der Waals surface area contributed by atoms with Gasteiger partial charge in [-0.2, -0.15) is 0 Å². The van der Waals surface area contributed by atoms with Crippen LogP contribution in [0.15, 0.2) is 34.5 Å². The van der Waals surface area contributed by atoms with E-state index in [0.717, 1.165) is 11.1 Å². The Hall–Kier alpha value is -1.90. The number of hydrogen-bond acceptors (Lipinski definition) is 5. The van der Waals surface area contributed by atoms with Gasteiger partial charge in [0.15, 0.2) is 0 Å². The molecule has 1 aliphatic heterocycles. The van der Waals surface area contributed by atoms with Crippen molar-refractivity contribution < 1.29 is 17.9 Å². The Kier molecular flexibility index (Phi) is 5.88. The van der Waals surface area contributed by atoms with Crippen molar-refractivity contribution in [3.63, 3.8) is 0 Å². The summed E-state index contributed by atoms with van der Waals surface area (Å²) in [6, 6.07) is 6.86. The first-order valence-corrected chi connectivity index (χ1v) is 11.2. The highest BCUT2D eigenvalue weighted by atomic mass is 32.2. The summed E-state index contributed by atoms with van der Waals surface area (Å²) >= 11 is 1.42. The summed E-state index contributed by atoms with van der Waals surface area (Å²) in [5.41, 5.74) is 1.87. The van der Waals surface area contributed by atoms with E-state index in [1.807, 2.05) is 31.4 Å². The van der Waals surface area contributed by atoms with E-state index in [4.69, 9.17) is 4.74 Å². The Morgan fingerprint density at radius 2 is 1.89 bits per heavy atom. The zero-order valence-corrected chi connectivity index (χ0v) is 17.3. The highest BCUT2D eigenvalue weighted by molar-refractivity contribution is 7.89. The number of ether oxygens (including phenoxy) is 1. The predicted molar refractivity (Wildman–Crippen MR) is 106 cm³/mol. The van der Waals surface area contributed by atoms with Gasteiger partial charge in [0.2, 0.25) is 10.0 Å². The molecule has 0 radical (unpaired) electrons. The third-order valence-corrected chi connectivity index (χ3v) is 7.30. The molecule has 0 aliphatic carbocycles. The number of piperidine rings is 1. The standard InChI is InChI=1S/C19H24N2O4S2/c1-13-11-16(25-3)18(12-14(13)2)27(23,24)20-15-6-8-21(9-7-15)19(22)17-5-4-10-26-17/h4-5,10-12,15,20H,6-9H2,1-3H3. The molecule has 1 fully saturated rings.